The van der Waals surface area contributed by atoms with Gasteiger partial charge in [0.1, 0.15) is 0 Å². The molecule has 0 bridgehead atoms. The molecule has 94 valence electrons. The lowest BCUT2D eigenvalue weighted by molar-refractivity contribution is -0.115. The van der Waals surface area contributed by atoms with E-state index in [0.29, 0.717) is 25.1 Å². The third-order valence-corrected chi connectivity index (χ3v) is 3.49. The summed E-state index contributed by atoms with van der Waals surface area (Å²) in [6.07, 6.45) is 1.26. The van der Waals surface area contributed by atoms with Crippen molar-refractivity contribution < 1.29 is 9.59 Å². The van der Waals surface area contributed by atoms with Gasteiger partial charge in [-0.3, -0.25) is 9.59 Å². The molecule has 0 radical (unpaired) electrons. The van der Waals surface area contributed by atoms with Crippen LogP contribution < -0.4 is 11.1 Å². The van der Waals surface area contributed by atoms with Crippen LogP contribution in [0.3, 0.4) is 0 Å². The molecule has 1 unspecified atom stereocenters. The number of rotatable bonds is 1. The fraction of sp³-hybridized carbons (Fsp3) is 0.385. The van der Waals surface area contributed by atoms with Crippen LogP contribution in [0.5, 0.6) is 0 Å². The molecular weight excluding hydrogens is 230 g/mol. The third-order valence-electron chi connectivity index (χ3n) is 3.49. The van der Waals surface area contributed by atoms with Crippen LogP contribution in [0.2, 0.25) is 0 Å². The average Bonchev–Trinajstić information content (AvgIpc) is 2.92. The van der Waals surface area contributed by atoms with Gasteiger partial charge in [-0.1, -0.05) is 6.07 Å². The van der Waals surface area contributed by atoms with E-state index in [-0.39, 0.29) is 17.9 Å². The van der Waals surface area contributed by atoms with Gasteiger partial charge in [-0.15, -0.1) is 0 Å². The zero-order valence-corrected chi connectivity index (χ0v) is 9.98. The number of likely N-dealkylation sites (tertiary alicyclic amines) is 1. The van der Waals surface area contributed by atoms with Crippen LogP contribution in [0.25, 0.3) is 0 Å². The summed E-state index contributed by atoms with van der Waals surface area (Å²) in [5.74, 6) is -0.0234. The molecule has 18 heavy (non-hydrogen) atoms. The van der Waals surface area contributed by atoms with Crippen LogP contribution in [0, 0.1) is 0 Å². The first-order chi connectivity index (χ1) is 8.63. The Morgan fingerprint density at radius 3 is 3.00 bits per heavy atom. The second-order valence-corrected chi connectivity index (χ2v) is 4.90. The van der Waals surface area contributed by atoms with Crippen LogP contribution >= 0.6 is 0 Å². The van der Waals surface area contributed by atoms with Crippen molar-refractivity contribution in [2.75, 3.05) is 18.4 Å². The van der Waals surface area contributed by atoms with Crippen molar-refractivity contribution in [1.82, 2.24) is 4.90 Å². The minimum Gasteiger partial charge on any atom is -0.337 e. The largest absolute Gasteiger partial charge is 0.337 e. The third kappa shape index (κ3) is 1.86. The number of carbonyl (C=O) groups is 2. The Bertz CT molecular complexity index is 527. The Balaban J connectivity index is 1.83. The van der Waals surface area contributed by atoms with Crippen LogP contribution in [0.1, 0.15) is 22.3 Å². The number of fused-ring (bicyclic) bond motifs is 1. The summed E-state index contributed by atoms with van der Waals surface area (Å²) in [5, 5.41) is 2.76. The highest BCUT2D eigenvalue weighted by molar-refractivity contribution is 6.02. The molecule has 2 aliphatic rings. The first-order valence-corrected chi connectivity index (χ1v) is 6.11. The van der Waals surface area contributed by atoms with E-state index >= 15 is 0 Å². The Labute approximate surface area is 105 Å². The summed E-state index contributed by atoms with van der Waals surface area (Å²) in [6, 6.07) is 5.47. The predicted octanol–water partition coefficient (Wildman–Crippen LogP) is 0.354. The predicted molar refractivity (Wildman–Crippen MR) is 67.3 cm³/mol. The molecule has 1 atom stereocenters. The normalized spacial score (nSPS) is 21.9. The molecule has 2 amide bonds. The molecule has 1 fully saturated rings. The van der Waals surface area contributed by atoms with E-state index in [0.717, 1.165) is 17.7 Å². The van der Waals surface area contributed by atoms with Crippen LogP contribution in [0.15, 0.2) is 18.2 Å². The molecular formula is C13H15N3O2. The van der Waals surface area contributed by atoms with Gasteiger partial charge in [0, 0.05) is 30.4 Å². The zero-order valence-electron chi connectivity index (χ0n) is 9.98. The van der Waals surface area contributed by atoms with E-state index in [9.17, 15) is 9.59 Å². The average molecular weight is 245 g/mol. The number of hydrogen-bond donors (Lipinski definition) is 2. The van der Waals surface area contributed by atoms with E-state index in [4.69, 9.17) is 5.73 Å². The highest BCUT2D eigenvalue weighted by atomic mass is 16.2. The summed E-state index contributed by atoms with van der Waals surface area (Å²) in [7, 11) is 0. The maximum atomic E-state index is 12.2. The molecule has 0 spiro atoms. The first kappa shape index (κ1) is 11.2. The number of hydrogen-bond acceptors (Lipinski definition) is 3. The maximum Gasteiger partial charge on any atom is 0.253 e. The molecule has 3 N–H and O–H groups in total. The minimum atomic E-state index is -0.0159. The smallest absolute Gasteiger partial charge is 0.253 e. The zero-order chi connectivity index (χ0) is 12.7. The Morgan fingerprint density at radius 2 is 2.28 bits per heavy atom. The van der Waals surface area contributed by atoms with Crippen LogP contribution in [-0.4, -0.2) is 35.8 Å². The fourth-order valence-electron chi connectivity index (χ4n) is 2.50. The van der Waals surface area contributed by atoms with Gasteiger partial charge in [0.15, 0.2) is 0 Å². The molecule has 1 aromatic rings. The minimum absolute atomic E-state index is 0.00750. The van der Waals surface area contributed by atoms with Gasteiger partial charge in [0.2, 0.25) is 5.91 Å². The van der Waals surface area contributed by atoms with E-state index in [1.165, 1.54) is 0 Å². The quantitative estimate of drug-likeness (QED) is 0.750. The van der Waals surface area contributed by atoms with Gasteiger partial charge < -0.3 is 16.0 Å². The Morgan fingerprint density at radius 1 is 1.44 bits per heavy atom. The SMILES string of the molecule is NC1CCN(C(=O)c2ccc3c(c2)NC(=O)C3)C1. The van der Waals surface area contributed by atoms with Crippen molar-refractivity contribution in [3.63, 3.8) is 0 Å². The number of carbonyl (C=O) groups excluding carboxylic acids is 2. The molecule has 5 heteroatoms. The van der Waals surface area contributed by atoms with Crippen LogP contribution in [0.4, 0.5) is 5.69 Å². The number of nitrogens with one attached hydrogen (secondary N) is 1. The maximum absolute atomic E-state index is 12.2. The number of amides is 2. The monoisotopic (exact) mass is 245 g/mol. The van der Waals surface area contributed by atoms with E-state index < -0.39 is 0 Å². The highest BCUT2D eigenvalue weighted by Gasteiger charge is 2.26. The van der Waals surface area contributed by atoms with Crippen molar-refractivity contribution in [2.45, 2.75) is 18.9 Å². The Kier molecular flexibility index (Phi) is 2.56. The summed E-state index contributed by atoms with van der Waals surface area (Å²) < 4.78 is 0. The number of benzene rings is 1. The van der Waals surface area contributed by atoms with Gasteiger partial charge in [-0.2, -0.15) is 0 Å². The second kappa shape index (κ2) is 4.10. The molecule has 2 aliphatic heterocycles. The summed E-state index contributed by atoms with van der Waals surface area (Å²) in [5.41, 5.74) is 8.13. The standard InChI is InChI=1S/C13H15N3O2/c14-10-3-4-16(7-10)13(18)9-2-1-8-6-12(17)15-11(8)5-9/h1-2,5,10H,3-4,6-7,14H2,(H,15,17). The number of nitrogens with two attached hydrogens (primary N) is 1. The summed E-state index contributed by atoms with van der Waals surface area (Å²) in [4.78, 5) is 25.3. The molecule has 5 nitrogen and oxygen atoms in total. The van der Waals surface area contributed by atoms with E-state index in [1.54, 1.807) is 17.0 Å². The van der Waals surface area contributed by atoms with Gasteiger partial charge in [-0.05, 0) is 24.1 Å². The van der Waals surface area contributed by atoms with Crippen molar-refractivity contribution in [1.29, 1.82) is 0 Å². The lowest BCUT2D eigenvalue weighted by Gasteiger charge is -2.16. The fourth-order valence-corrected chi connectivity index (χ4v) is 2.50. The summed E-state index contributed by atoms with van der Waals surface area (Å²) in [6.45, 7) is 1.33. The molecule has 0 aromatic heterocycles. The van der Waals surface area contributed by atoms with E-state index in [1.807, 2.05) is 6.07 Å². The van der Waals surface area contributed by atoms with Gasteiger partial charge in [0.05, 0.1) is 6.42 Å². The van der Waals surface area contributed by atoms with Crippen LogP contribution in [-0.2, 0) is 11.2 Å². The Hall–Kier alpha value is -1.88. The van der Waals surface area contributed by atoms with Crippen molar-refractivity contribution in [3.8, 4) is 0 Å². The summed E-state index contributed by atoms with van der Waals surface area (Å²) >= 11 is 0. The lowest BCUT2D eigenvalue weighted by Crippen LogP contribution is -2.31. The van der Waals surface area contributed by atoms with Gasteiger partial charge in [0.25, 0.3) is 5.91 Å². The second-order valence-electron chi connectivity index (χ2n) is 4.90. The molecule has 1 aromatic carbocycles. The molecule has 0 aliphatic carbocycles. The van der Waals surface area contributed by atoms with Gasteiger partial charge in [-0.25, -0.2) is 0 Å². The number of nitrogens with zero attached hydrogens (tertiary/aromatic N) is 1. The molecule has 1 saturated heterocycles. The first-order valence-electron chi connectivity index (χ1n) is 6.11. The topological polar surface area (TPSA) is 75.4 Å². The molecule has 2 heterocycles. The van der Waals surface area contributed by atoms with Crippen molar-refractivity contribution in [3.05, 3.63) is 29.3 Å². The highest BCUT2D eigenvalue weighted by Crippen LogP contribution is 2.25. The van der Waals surface area contributed by atoms with Gasteiger partial charge >= 0.3 is 0 Å². The molecule has 0 saturated carbocycles. The van der Waals surface area contributed by atoms with Crippen molar-refractivity contribution >= 4 is 17.5 Å². The van der Waals surface area contributed by atoms with Crippen molar-refractivity contribution in [2.24, 2.45) is 5.73 Å². The lowest BCUT2D eigenvalue weighted by atomic mass is 10.1. The number of anilines is 1. The van der Waals surface area contributed by atoms with E-state index in [2.05, 4.69) is 5.32 Å². The molecule has 3 rings (SSSR count).